The Labute approximate surface area is 199 Å². The quantitative estimate of drug-likeness (QED) is 0.309. The van der Waals surface area contributed by atoms with E-state index in [0.717, 1.165) is 21.5 Å². The zero-order valence-corrected chi connectivity index (χ0v) is 19.8. The van der Waals surface area contributed by atoms with Crippen LogP contribution in [-0.4, -0.2) is 24.7 Å². The minimum Gasteiger partial charge on any atom is -0.462 e. The maximum Gasteiger partial charge on any atom is 0.339 e. The summed E-state index contributed by atoms with van der Waals surface area (Å²) in [4.78, 5) is 13.9. The lowest BCUT2D eigenvalue weighted by Gasteiger charge is -2.32. The van der Waals surface area contributed by atoms with Crippen LogP contribution in [0.15, 0.2) is 109 Å². The third kappa shape index (κ3) is 3.81. The third-order valence-electron chi connectivity index (χ3n) is 5.88. The number of hydrogen-bond acceptors (Lipinski definition) is 4. The molecule has 5 heteroatoms. The molecule has 1 heterocycles. The Hall–Kier alpha value is -3.75. The molecule has 4 aromatic carbocycles. The highest BCUT2D eigenvalue weighted by molar-refractivity contribution is 7.96. The highest BCUT2D eigenvalue weighted by Gasteiger charge is 2.35. The van der Waals surface area contributed by atoms with Crippen LogP contribution < -0.4 is 25.4 Å². The van der Waals surface area contributed by atoms with Gasteiger partial charge in [0, 0.05) is 0 Å². The standard InChI is InChI=1S/C29H25O4P/c1-2-31-29(30)28(22-18-19-26-27(20-22)33-21-32-26)34(23-12-6-3-7-13-23,24-14-8-4-9-15-24)25-16-10-5-11-17-25/h3-20H,2,21H2,1H3. The van der Waals surface area contributed by atoms with Gasteiger partial charge in [-0.25, -0.2) is 4.79 Å². The van der Waals surface area contributed by atoms with Crippen LogP contribution >= 0.6 is 6.89 Å². The lowest BCUT2D eigenvalue weighted by Crippen LogP contribution is -2.35. The van der Waals surface area contributed by atoms with Crippen LogP contribution in [0.5, 0.6) is 11.5 Å². The van der Waals surface area contributed by atoms with Crippen LogP contribution in [0.2, 0.25) is 0 Å². The van der Waals surface area contributed by atoms with Crippen molar-refractivity contribution >= 4 is 34.1 Å². The minimum absolute atomic E-state index is 0.171. The van der Waals surface area contributed by atoms with Gasteiger partial charge >= 0.3 is 5.97 Å². The van der Waals surface area contributed by atoms with E-state index in [2.05, 4.69) is 36.4 Å². The molecule has 0 bridgehead atoms. The van der Waals surface area contributed by atoms with Crippen LogP contribution in [-0.2, 0) is 9.53 Å². The van der Waals surface area contributed by atoms with E-state index in [9.17, 15) is 4.79 Å². The lowest BCUT2D eigenvalue weighted by molar-refractivity contribution is -0.134. The highest BCUT2D eigenvalue weighted by atomic mass is 31.2. The molecular weight excluding hydrogens is 443 g/mol. The number of hydrogen-bond donors (Lipinski definition) is 0. The second-order valence-corrected chi connectivity index (χ2v) is 11.2. The maximum absolute atomic E-state index is 13.9. The zero-order valence-electron chi connectivity index (χ0n) is 18.9. The molecule has 0 aromatic heterocycles. The van der Waals surface area contributed by atoms with E-state index in [1.807, 2.05) is 79.7 Å². The number of fused-ring (bicyclic) bond motifs is 1. The molecule has 0 atom stereocenters. The maximum atomic E-state index is 13.9. The number of benzene rings is 4. The van der Waals surface area contributed by atoms with Gasteiger partial charge in [-0.15, -0.1) is 0 Å². The first-order valence-corrected chi connectivity index (χ1v) is 13.0. The molecule has 0 saturated heterocycles. The molecular formula is C29H25O4P. The van der Waals surface area contributed by atoms with Crippen LogP contribution in [0, 0.1) is 0 Å². The Morgan fingerprint density at radius 3 is 1.74 bits per heavy atom. The van der Waals surface area contributed by atoms with E-state index >= 15 is 0 Å². The number of rotatable bonds is 6. The molecule has 1 aliphatic heterocycles. The van der Waals surface area contributed by atoms with Crippen LogP contribution in [0.25, 0.3) is 0 Å². The molecule has 0 saturated carbocycles. The van der Waals surface area contributed by atoms with Crippen molar-refractivity contribution in [3.05, 3.63) is 115 Å². The first-order valence-electron chi connectivity index (χ1n) is 11.3. The fraction of sp³-hybridized carbons (Fsp3) is 0.103. The van der Waals surface area contributed by atoms with Crippen LogP contribution in [0.4, 0.5) is 0 Å². The molecule has 0 N–H and O–H groups in total. The lowest BCUT2D eigenvalue weighted by atomic mass is 10.1. The van der Waals surface area contributed by atoms with E-state index < -0.39 is 6.89 Å². The van der Waals surface area contributed by atoms with Gasteiger partial charge in [0.15, 0.2) is 11.5 Å². The number of carbonyl (C=O) groups is 1. The smallest absolute Gasteiger partial charge is 0.339 e. The van der Waals surface area contributed by atoms with Crippen molar-refractivity contribution in [2.24, 2.45) is 0 Å². The molecule has 0 aliphatic carbocycles. The summed E-state index contributed by atoms with van der Waals surface area (Å²) in [5.41, 5.74) is 0.771. The predicted octanol–water partition coefficient (Wildman–Crippen LogP) is 4.49. The average molecular weight is 468 g/mol. The summed E-state index contributed by atoms with van der Waals surface area (Å²) in [6.07, 6.45) is 0. The topological polar surface area (TPSA) is 44.8 Å². The summed E-state index contributed by atoms with van der Waals surface area (Å²) >= 11 is 0. The van der Waals surface area contributed by atoms with Gasteiger partial charge in [0.2, 0.25) is 6.79 Å². The molecule has 34 heavy (non-hydrogen) atoms. The van der Waals surface area contributed by atoms with Crippen molar-refractivity contribution in [1.29, 1.82) is 0 Å². The van der Waals surface area contributed by atoms with Crippen molar-refractivity contribution in [1.82, 2.24) is 0 Å². The fourth-order valence-electron chi connectivity index (χ4n) is 4.48. The van der Waals surface area contributed by atoms with Gasteiger partial charge in [0.25, 0.3) is 0 Å². The first kappa shape index (κ1) is 22.1. The molecule has 0 unspecified atom stereocenters. The molecule has 4 aromatic rings. The summed E-state index contributed by atoms with van der Waals surface area (Å²) < 4.78 is 17.0. The van der Waals surface area contributed by atoms with Crippen molar-refractivity contribution < 1.29 is 19.0 Å². The van der Waals surface area contributed by atoms with Crippen molar-refractivity contribution in [2.75, 3.05) is 13.4 Å². The van der Waals surface area contributed by atoms with E-state index in [1.165, 1.54) is 0 Å². The van der Waals surface area contributed by atoms with E-state index in [-0.39, 0.29) is 19.4 Å². The first-order chi connectivity index (χ1) is 16.7. The Kier molecular flexibility index (Phi) is 6.24. The van der Waals surface area contributed by atoms with Gasteiger partial charge in [-0.3, -0.25) is 0 Å². The van der Waals surface area contributed by atoms with E-state index in [1.54, 1.807) is 0 Å². The number of carbonyl (C=O) groups excluding carboxylic acids is 1. The SMILES string of the molecule is CCOC(=O)C(c1ccc2c(c1)OCO2)=P(c1ccccc1)(c1ccccc1)c1ccccc1. The largest absolute Gasteiger partial charge is 0.462 e. The molecule has 0 radical (unpaired) electrons. The summed E-state index contributed by atoms with van der Waals surface area (Å²) in [6.45, 7) is -0.361. The second kappa shape index (κ2) is 9.62. The predicted molar refractivity (Wildman–Crippen MR) is 138 cm³/mol. The van der Waals surface area contributed by atoms with Crippen molar-refractivity contribution in [3.63, 3.8) is 0 Å². The van der Waals surface area contributed by atoms with Crippen molar-refractivity contribution in [3.8, 4) is 11.5 Å². The summed E-state index contributed by atoms with van der Waals surface area (Å²) in [5.74, 6) is 0.980. The minimum atomic E-state index is -2.65. The average Bonchev–Trinajstić information content (AvgIpc) is 3.37. The van der Waals surface area contributed by atoms with Gasteiger partial charge in [-0.2, -0.15) is 0 Å². The van der Waals surface area contributed by atoms with Crippen molar-refractivity contribution in [2.45, 2.75) is 6.92 Å². The molecule has 0 spiro atoms. The monoisotopic (exact) mass is 468 g/mol. The Bertz CT molecular complexity index is 1250. The second-order valence-electron chi connectivity index (χ2n) is 7.81. The van der Waals surface area contributed by atoms with Crippen LogP contribution in [0.3, 0.4) is 0 Å². The fourth-order valence-corrected chi connectivity index (χ4v) is 8.87. The normalized spacial score (nSPS) is 12.3. The Morgan fingerprint density at radius 1 is 0.735 bits per heavy atom. The summed E-state index contributed by atoms with van der Waals surface area (Å²) in [7, 11) is 0. The zero-order chi connectivity index (χ0) is 23.4. The summed E-state index contributed by atoms with van der Waals surface area (Å²) in [5, 5.41) is 3.87. The molecule has 0 amide bonds. The Balaban J connectivity index is 2.00. The summed E-state index contributed by atoms with van der Waals surface area (Å²) in [6, 6.07) is 36.5. The van der Waals surface area contributed by atoms with Gasteiger partial charge in [0.1, 0.15) is 0 Å². The molecule has 4 nitrogen and oxygen atoms in total. The number of ether oxygens (including phenoxy) is 3. The van der Waals surface area contributed by atoms with E-state index in [4.69, 9.17) is 14.2 Å². The molecule has 1 aliphatic rings. The van der Waals surface area contributed by atoms with Gasteiger partial charge in [-0.05, 0) is 47.4 Å². The number of esters is 1. The highest BCUT2D eigenvalue weighted by Crippen LogP contribution is 2.48. The molecule has 0 fully saturated rings. The van der Waals surface area contributed by atoms with Gasteiger partial charge in [0.05, 0.1) is 11.9 Å². The van der Waals surface area contributed by atoms with Gasteiger partial charge < -0.3 is 14.2 Å². The Morgan fingerprint density at radius 2 is 1.24 bits per heavy atom. The molecule has 5 rings (SSSR count). The van der Waals surface area contributed by atoms with Gasteiger partial charge in [-0.1, -0.05) is 97.1 Å². The van der Waals surface area contributed by atoms with E-state index in [0.29, 0.717) is 16.8 Å². The van der Waals surface area contributed by atoms with Crippen LogP contribution in [0.1, 0.15) is 12.5 Å². The third-order valence-corrected chi connectivity index (χ3v) is 10.2. The molecule has 170 valence electrons.